The molecule has 1 unspecified atom stereocenters. The van der Waals surface area contributed by atoms with Gasteiger partial charge in [-0.05, 0) is 44.5 Å². The fraction of sp³-hybridized carbons (Fsp3) is 0.526. The van der Waals surface area contributed by atoms with Crippen LogP contribution in [0.1, 0.15) is 49.2 Å². The Bertz CT molecular complexity index is 841. The van der Waals surface area contributed by atoms with Crippen molar-refractivity contribution in [3.8, 4) is 0 Å². The van der Waals surface area contributed by atoms with E-state index < -0.39 is 66.9 Å². The highest BCUT2D eigenvalue weighted by Gasteiger charge is 2.49. The Hall–Kier alpha value is -2.82. The number of carboxylic acid groups (broad SMARTS) is 1. The number of carbonyl (C=O) groups excluding carboxylic acids is 2. The topological polar surface area (TPSA) is 122 Å². The van der Waals surface area contributed by atoms with Crippen LogP contribution in [0.2, 0.25) is 0 Å². The Morgan fingerprint density at radius 2 is 1.97 bits per heavy atom. The number of nitrogens with one attached hydrogen (secondary N) is 1. The Balaban J connectivity index is 2.29. The molecule has 0 bridgehead atoms. The molecule has 11 heteroatoms. The van der Waals surface area contributed by atoms with Gasteiger partial charge in [0.15, 0.2) is 0 Å². The third-order valence-electron chi connectivity index (χ3n) is 4.26. The zero-order valence-corrected chi connectivity index (χ0v) is 16.7. The van der Waals surface area contributed by atoms with Gasteiger partial charge in [0.05, 0.1) is 12.6 Å². The van der Waals surface area contributed by atoms with Crippen LogP contribution >= 0.6 is 0 Å². The zero-order chi connectivity index (χ0) is 22.9. The average Bonchev–Trinajstić information content (AvgIpc) is 2.93. The number of nitrogens with two attached hydrogens (primary N) is 1. The quantitative estimate of drug-likeness (QED) is 0.658. The van der Waals surface area contributed by atoms with Crippen molar-refractivity contribution in [1.82, 2.24) is 10.2 Å². The number of nitrogens with zero attached hydrogens (tertiary/aromatic N) is 1. The summed E-state index contributed by atoms with van der Waals surface area (Å²) in [5.41, 5.74) is 4.15. The molecule has 166 valence electrons. The van der Waals surface area contributed by atoms with E-state index in [0.717, 1.165) is 17.0 Å². The maximum atomic E-state index is 14.1. The lowest BCUT2D eigenvalue weighted by Crippen LogP contribution is -2.42. The molecular weight excluding hydrogens is 407 g/mol. The highest BCUT2D eigenvalue weighted by atomic mass is 19.3. The summed E-state index contributed by atoms with van der Waals surface area (Å²) in [7, 11) is 0. The standard InChI is InChI=1S/C19H24F3N3O5/c1-18(2,3)30-17(29)25-9-19(21,22)7-14(25)10-4-11(6-12(20)5-10)15(26)24-8-13(23)16(27)28/h4-6,13-14H,7-9,23H2,1-3H3,(H,24,26)(H,27,28)/t13-,14?/m1/s1. The number of hydrogen-bond acceptors (Lipinski definition) is 5. The molecule has 1 aliphatic rings. The van der Waals surface area contributed by atoms with Gasteiger partial charge in [0.25, 0.3) is 11.8 Å². The number of carboxylic acids is 1. The smallest absolute Gasteiger partial charge is 0.411 e. The molecule has 0 saturated carbocycles. The van der Waals surface area contributed by atoms with E-state index in [1.54, 1.807) is 20.8 Å². The Labute approximate surface area is 171 Å². The Morgan fingerprint density at radius 3 is 2.53 bits per heavy atom. The summed E-state index contributed by atoms with van der Waals surface area (Å²) in [6.07, 6.45) is -1.74. The highest BCUT2D eigenvalue weighted by molar-refractivity contribution is 5.94. The van der Waals surface area contributed by atoms with Crippen LogP contribution in [0.15, 0.2) is 18.2 Å². The summed E-state index contributed by atoms with van der Waals surface area (Å²) < 4.78 is 47.5. The van der Waals surface area contributed by atoms with E-state index in [0.29, 0.717) is 0 Å². The molecule has 30 heavy (non-hydrogen) atoms. The maximum absolute atomic E-state index is 14.1. The lowest BCUT2D eigenvalue weighted by molar-refractivity contribution is -0.138. The van der Waals surface area contributed by atoms with Crippen molar-refractivity contribution in [2.75, 3.05) is 13.1 Å². The molecule has 2 atom stereocenters. The predicted molar refractivity (Wildman–Crippen MR) is 99.6 cm³/mol. The summed E-state index contributed by atoms with van der Waals surface area (Å²) in [5, 5.41) is 11.0. The fourth-order valence-corrected chi connectivity index (χ4v) is 2.96. The van der Waals surface area contributed by atoms with E-state index in [9.17, 15) is 27.6 Å². The van der Waals surface area contributed by atoms with Crippen LogP contribution < -0.4 is 11.1 Å². The first-order chi connectivity index (χ1) is 13.7. The number of alkyl halides is 2. The van der Waals surface area contributed by atoms with Gasteiger partial charge in [0.2, 0.25) is 0 Å². The molecule has 1 aliphatic heterocycles. The van der Waals surface area contributed by atoms with Crippen molar-refractivity contribution in [3.63, 3.8) is 0 Å². The number of rotatable bonds is 5. The summed E-state index contributed by atoms with van der Waals surface area (Å²) in [6, 6.07) is 0.435. The average molecular weight is 431 g/mol. The van der Waals surface area contributed by atoms with Crippen LogP contribution in [0.4, 0.5) is 18.0 Å². The molecule has 2 rings (SSSR count). The van der Waals surface area contributed by atoms with Crippen molar-refractivity contribution in [1.29, 1.82) is 0 Å². The van der Waals surface area contributed by atoms with Crippen molar-refractivity contribution < 1.29 is 37.4 Å². The second-order valence-electron chi connectivity index (χ2n) is 8.11. The van der Waals surface area contributed by atoms with Gasteiger partial charge in [-0.25, -0.2) is 18.0 Å². The van der Waals surface area contributed by atoms with Crippen molar-refractivity contribution in [3.05, 3.63) is 35.1 Å². The molecule has 1 aromatic carbocycles. The van der Waals surface area contributed by atoms with E-state index in [4.69, 9.17) is 15.6 Å². The van der Waals surface area contributed by atoms with Crippen LogP contribution in [-0.2, 0) is 9.53 Å². The molecule has 1 heterocycles. The minimum absolute atomic E-state index is 0.00860. The van der Waals surface area contributed by atoms with Gasteiger partial charge in [-0.3, -0.25) is 14.5 Å². The largest absolute Gasteiger partial charge is 0.480 e. The SMILES string of the molecule is CC(C)(C)OC(=O)N1CC(F)(F)CC1c1cc(F)cc(C(=O)NC[C@@H](N)C(=O)O)c1. The molecule has 1 aromatic rings. The normalized spacial score (nSPS) is 19.3. The van der Waals surface area contributed by atoms with Crippen LogP contribution in [0.5, 0.6) is 0 Å². The number of likely N-dealkylation sites (tertiary alicyclic amines) is 1. The minimum Gasteiger partial charge on any atom is -0.480 e. The van der Waals surface area contributed by atoms with E-state index in [-0.39, 0.29) is 11.1 Å². The first kappa shape index (κ1) is 23.5. The first-order valence-corrected chi connectivity index (χ1v) is 9.13. The number of amides is 2. The molecule has 0 aromatic heterocycles. The summed E-state index contributed by atoms with van der Waals surface area (Å²) in [6.45, 7) is 3.44. The van der Waals surface area contributed by atoms with Crippen LogP contribution in [-0.4, -0.2) is 58.6 Å². The molecule has 0 spiro atoms. The predicted octanol–water partition coefficient (Wildman–Crippen LogP) is 2.28. The number of aliphatic carboxylic acids is 1. The van der Waals surface area contributed by atoms with Gasteiger partial charge >= 0.3 is 12.1 Å². The van der Waals surface area contributed by atoms with E-state index in [2.05, 4.69) is 5.32 Å². The molecule has 0 aliphatic carbocycles. The third-order valence-corrected chi connectivity index (χ3v) is 4.26. The van der Waals surface area contributed by atoms with Crippen molar-refractivity contribution in [2.45, 2.75) is 50.8 Å². The second kappa shape index (κ2) is 8.50. The highest BCUT2D eigenvalue weighted by Crippen LogP contribution is 2.42. The zero-order valence-electron chi connectivity index (χ0n) is 16.7. The maximum Gasteiger partial charge on any atom is 0.411 e. The molecule has 0 radical (unpaired) electrons. The van der Waals surface area contributed by atoms with E-state index in [1.165, 1.54) is 6.07 Å². The van der Waals surface area contributed by atoms with Crippen molar-refractivity contribution >= 4 is 18.0 Å². The summed E-state index contributed by atoms with van der Waals surface area (Å²) in [4.78, 5) is 36.2. The van der Waals surface area contributed by atoms with Crippen molar-refractivity contribution in [2.24, 2.45) is 5.73 Å². The van der Waals surface area contributed by atoms with Gasteiger partial charge in [-0.1, -0.05) is 0 Å². The lowest BCUT2D eigenvalue weighted by atomic mass is 10.0. The number of benzene rings is 1. The van der Waals surface area contributed by atoms with Gasteiger partial charge < -0.3 is 20.9 Å². The molecule has 8 nitrogen and oxygen atoms in total. The Kier molecular flexibility index (Phi) is 6.65. The summed E-state index contributed by atoms with van der Waals surface area (Å²) in [5.74, 6) is -6.26. The second-order valence-corrected chi connectivity index (χ2v) is 8.11. The van der Waals surface area contributed by atoms with Gasteiger partial charge in [-0.15, -0.1) is 0 Å². The van der Waals surface area contributed by atoms with Crippen LogP contribution in [0.25, 0.3) is 0 Å². The fourth-order valence-electron chi connectivity index (χ4n) is 2.96. The van der Waals surface area contributed by atoms with Crippen LogP contribution in [0.3, 0.4) is 0 Å². The Morgan fingerprint density at radius 1 is 1.33 bits per heavy atom. The van der Waals surface area contributed by atoms with Gasteiger partial charge in [-0.2, -0.15) is 0 Å². The minimum atomic E-state index is -3.22. The molecule has 1 fully saturated rings. The molecular formula is C19H24F3N3O5. The summed E-state index contributed by atoms with van der Waals surface area (Å²) >= 11 is 0. The molecule has 1 saturated heterocycles. The van der Waals surface area contributed by atoms with Crippen LogP contribution in [0, 0.1) is 5.82 Å². The monoisotopic (exact) mass is 431 g/mol. The number of halogens is 3. The van der Waals surface area contributed by atoms with E-state index in [1.807, 2.05) is 0 Å². The number of hydrogen-bond donors (Lipinski definition) is 3. The third kappa shape index (κ3) is 6.09. The number of carbonyl (C=O) groups is 3. The van der Waals surface area contributed by atoms with Gasteiger partial charge in [0, 0.05) is 18.5 Å². The van der Waals surface area contributed by atoms with Gasteiger partial charge in [0.1, 0.15) is 17.5 Å². The number of ether oxygens (including phenoxy) is 1. The first-order valence-electron chi connectivity index (χ1n) is 9.13. The van der Waals surface area contributed by atoms with E-state index >= 15 is 0 Å². The molecule has 4 N–H and O–H groups in total. The molecule has 2 amide bonds. The lowest BCUT2D eigenvalue weighted by Gasteiger charge is -2.28.